The van der Waals surface area contributed by atoms with Gasteiger partial charge in [-0.05, 0) is 32.0 Å². The number of rotatable bonds is 6. The number of esters is 1. The van der Waals surface area contributed by atoms with E-state index in [0.29, 0.717) is 10.9 Å². The van der Waals surface area contributed by atoms with E-state index in [1.807, 2.05) is 0 Å². The zero-order valence-corrected chi connectivity index (χ0v) is 15.4. The first-order chi connectivity index (χ1) is 13.8. The van der Waals surface area contributed by atoms with Gasteiger partial charge in [-0.1, -0.05) is 24.3 Å². The zero-order valence-electron chi connectivity index (χ0n) is 15.4. The molecule has 0 bridgehead atoms. The van der Waals surface area contributed by atoms with Gasteiger partial charge in [0, 0.05) is 10.9 Å². The molecule has 1 amide bonds. The highest BCUT2D eigenvalue weighted by atomic mass is 19.3. The van der Waals surface area contributed by atoms with Gasteiger partial charge in [0.15, 0.2) is 17.5 Å². The monoisotopic (exact) mass is 407 g/mol. The fourth-order valence-corrected chi connectivity index (χ4v) is 2.67. The maximum Gasteiger partial charge on any atom is 0.387 e. The van der Waals surface area contributed by atoms with Gasteiger partial charge < -0.3 is 19.2 Å². The van der Waals surface area contributed by atoms with E-state index in [1.54, 1.807) is 13.0 Å². The number of ether oxygens (including phenoxy) is 2. The summed E-state index contributed by atoms with van der Waals surface area (Å²) in [5.41, 5.74) is 0.266. The summed E-state index contributed by atoms with van der Waals surface area (Å²) in [6.45, 7) is -0.216. The molecule has 1 aromatic heterocycles. The van der Waals surface area contributed by atoms with Crippen molar-refractivity contribution in [1.82, 2.24) is 0 Å². The molecule has 152 valence electrons. The molecule has 9 heteroatoms. The van der Waals surface area contributed by atoms with Gasteiger partial charge in [-0.2, -0.15) is 8.78 Å². The highest BCUT2D eigenvalue weighted by Gasteiger charge is 2.25. The van der Waals surface area contributed by atoms with Crippen LogP contribution in [0.25, 0.3) is 11.0 Å². The van der Waals surface area contributed by atoms with Crippen LogP contribution in [-0.4, -0.2) is 24.6 Å². The summed E-state index contributed by atoms with van der Waals surface area (Å²) in [6, 6.07) is 9.84. The van der Waals surface area contributed by atoms with E-state index in [-0.39, 0.29) is 22.8 Å². The van der Waals surface area contributed by atoms with Crippen LogP contribution in [0.3, 0.4) is 0 Å². The van der Waals surface area contributed by atoms with Gasteiger partial charge in [0.25, 0.3) is 5.91 Å². The minimum atomic E-state index is -3.07. The summed E-state index contributed by atoms with van der Waals surface area (Å²) in [6.07, 6.45) is -1.29. The number of aryl methyl sites for hydroxylation is 1. The normalized spacial score (nSPS) is 12.1. The molecule has 3 aromatic rings. The van der Waals surface area contributed by atoms with E-state index in [9.17, 15) is 22.8 Å². The lowest BCUT2D eigenvalue weighted by atomic mass is 10.1. The zero-order chi connectivity index (χ0) is 21.1. The van der Waals surface area contributed by atoms with Crippen molar-refractivity contribution in [3.63, 3.8) is 0 Å². The summed E-state index contributed by atoms with van der Waals surface area (Å²) >= 11 is 0. The molecule has 6 nitrogen and oxygen atoms in total. The second kappa shape index (κ2) is 8.26. The largest absolute Gasteiger partial charge is 0.447 e. The van der Waals surface area contributed by atoms with Crippen molar-refractivity contribution in [2.45, 2.75) is 26.6 Å². The van der Waals surface area contributed by atoms with Crippen molar-refractivity contribution in [1.29, 1.82) is 0 Å². The molecule has 29 heavy (non-hydrogen) atoms. The molecule has 0 aliphatic rings. The van der Waals surface area contributed by atoms with E-state index in [4.69, 9.17) is 9.15 Å². The lowest BCUT2D eigenvalue weighted by Gasteiger charge is -2.15. The Balaban J connectivity index is 1.73. The second-order valence-electron chi connectivity index (χ2n) is 6.08. The number of anilines is 1. The first-order valence-electron chi connectivity index (χ1n) is 8.51. The number of alkyl halides is 2. The van der Waals surface area contributed by atoms with Gasteiger partial charge >= 0.3 is 12.6 Å². The Hall–Kier alpha value is -3.49. The van der Waals surface area contributed by atoms with Crippen molar-refractivity contribution in [2.24, 2.45) is 0 Å². The molecule has 0 radical (unpaired) electrons. The number of nitrogens with one attached hydrogen (secondary N) is 1. The van der Waals surface area contributed by atoms with Crippen LogP contribution in [0.4, 0.5) is 18.9 Å². The summed E-state index contributed by atoms with van der Waals surface area (Å²) in [7, 11) is 0. The standard InChI is InChI=1S/C20H16F3NO5/c1-10-12-6-5-7-13(21)17(12)29-16(10)19(26)27-11(2)18(25)24-14-8-3-4-9-15(14)28-20(22)23/h3-9,11,20H,1-2H3,(H,24,25)/t11-/m1/s1. The maximum atomic E-state index is 13.8. The van der Waals surface area contributed by atoms with Gasteiger partial charge in [0.1, 0.15) is 5.75 Å². The Labute approximate surface area is 163 Å². The maximum absolute atomic E-state index is 13.8. The quantitative estimate of drug-likeness (QED) is 0.601. The number of benzene rings is 2. The van der Waals surface area contributed by atoms with E-state index in [0.717, 1.165) is 0 Å². The Morgan fingerprint density at radius 2 is 1.83 bits per heavy atom. The number of fused-ring (bicyclic) bond motifs is 1. The Kier molecular flexibility index (Phi) is 5.76. The number of carbonyl (C=O) groups excluding carboxylic acids is 2. The van der Waals surface area contributed by atoms with Crippen LogP contribution in [-0.2, 0) is 9.53 Å². The van der Waals surface area contributed by atoms with Crippen LogP contribution >= 0.6 is 0 Å². The number of furan rings is 1. The Bertz CT molecular complexity index is 1060. The molecule has 1 atom stereocenters. The summed E-state index contributed by atoms with van der Waals surface area (Å²) in [4.78, 5) is 24.7. The number of hydrogen-bond acceptors (Lipinski definition) is 5. The van der Waals surface area contributed by atoms with Crippen LogP contribution < -0.4 is 10.1 Å². The molecule has 0 saturated carbocycles. The molecule has 0 saturated heterocycles. The van der Waals surface area contributed by atoms with E-state index < -0.39 is 30.4 Å². The average Bonchev–Trinajstić information content (AvgIpc) is 3.01. The first-order valence-corrected chi connectivity index (χ1v) is 8.51. The van der Waals surface area contributed by atoms with Gasteiger partial charge in [-0.3, -0.25) is 4.79 Å². The predicted molar refractivity (Wildman–Crippen MR) is 97.5 cm³/mol. The number of halogens is 3. The lowest BCUT2D eigenvalue weighted by molar-refractivity contribution is -0.124. The first kappa shape index (κ1) is 20.2. The van der Waals surface area contributed by atoms with Crippen LogP contribution in [0.15, 0.2) is 46.9 Å². The van der Waals surface area contributed by atoms with Gasteiger partial charge in [0.05, 0.1) is 5.69 Å². The fourth-order valence-electron chi connectivity index (χ4n) is 2.67. The lowest BCUT2D eigenvalue weighted by Crippen LogP contribution is -2.30. The van der Waals surface area contributed by atoms with E-state index in [2.05, 4.69) is 10.1 Å². The minimum absolute atomic E-state index is 0.0114. The summed E-state index contributed by atoms with van der Waals surface area (Å²) < 4.78 is 53.5. The molecule has 1 heterocycles. The predicted octanol–water partition coefficient (Wildman–Crippen LogP) is 4.67. The van der Waals surface area contributed by atoms with Crippen LogP contribution in [0.1, 0.15) is 23.0 Å². The van der Waals surface area contributed by atoms with Crippen LogP contribution in [0, 0.1) is 12.7 Å². The van der Waals surface area contributed by atoms with Crippen molar-refractivity contribution >= 4 is 28.5 Å². The van der Waals surface area contributed by atoms with Crippen molar-refractivity contribution < 1.29 is 36.7 Å². The SMILES string of the molecule is Cc1c(C(=O)O[C@H](C)C(=O)Nc2ccccc2OC(F)F)oc2c(F)cccc12. The third-order valence-electron chi connectivity index (χ3n) is 4.12. The Morgan fingerprint density at radius 1 is 1.10 bits per heavy atom. The number of hydrogen-bond donors (Lipinski definition) is 1. The highest BCUT2D eigenvalue weighted by molar-refractivity contribution is 6.00. The molecule has 0 fully saturated rings. The molecule has 1 N–H and O–H groups in total. The Morgan fingerprint density at radius 3 is 2.52 bits per heavy atom. The van der Waals surface area contributed by atoms with Crippen molar-refractivity contribution in [3.05, 3.63) is 59.6 Å². The summed E-state index contributed by atoms with van der Waals surface area (Å²) in [5, 5.41) is 2.77. The molecule has 2 aromatic carbocycles. The minimum Gasteiger partial charge on any atom is -0.447 e. The number of amides is 1. The topological polar surface area (TPSA) is 77.8 Å². The van der Waals surface area contributed by atoms with E-state index in [1.165, 1.54) is 43.3 Å². The molecule has 3 rings (SSSR count). The smallest absolute Gasteiger partial charge is 0.387 e. The fraction of sp³-hybridized carbons (Fsp3) is 0.200. The molecular weight excluding hydrogens is 391 g/mol. The van der Waals surface area contributed by atoms with E-state index >= 15 is 0 Å². The third-order valence-corrected chi connectivity index (χ3v) is 4.12. The van der Waals surface area contributed by atoms with Gasteiger partial charge in [-0.15, -0.1) is 0 Å². The number of carbonyl (C=O) groups is 2. The second-order valence-corrected chi connectivity index (χ2v) is 6.08. The third kappa shape index (κ3) is 4.34. The molecule has 0 unspecified atom stereocenters. The highest BCUT2D eigenvalue weighted by Crippen LogP contribution is 2.28. The van der Waals surface area contributed by atoms with Gasteiger partial charge in [0.2, 0.25) is 5.76 Å². The average molecular weight is 407 g/mol. The molecular formula is C20H16F3NO5. The van der Waals surface area contributed by atoms with Crippen LogP contribution in [0.2, 0.25) is 0 Å². The molecule has 0 spiro atoms. The van der Waals surface area contributed by atoms with Crippen molar-refractivity contribution in [3.8, 4) is 5.75 Å². The van der Waals surface area contributed by atoms with Gasteiger partial charge in [-0.25, -0.2) is 9.18 Å². The molecule has 0 aliphatic heterocycles. The number of para-hydroxylation sites is 3. The van der Waals surface area contributed by atoms with Crippen LogP contribution in [0.5, 0.6) is 5.75 Å². The molecule has 0 aliphatic carbocycles. The summed E-state index contributed by atoms with van der Waals surface area (Å²) in [5.74, 6) is -2.84. The van der Waals surface area contributed by atoms with Crippen molar-refractivity contribution in [2.75, 3.05) is 5.32 Å².